The molecule has 0 amide bonds. The summed E-state index contributed by atoms with van der Waals surface area (Å²) in [6, 6.07) is 8.14. The molecule has 1 N–H and O–H groups in total. The van der Waals surface area contributed by atoms with Crippen molar-refractivity contribution in [2.24, 2.45) is 0 Å². The van der Waals surface area contributed by atoms with Crippen molar-refractivity contribution in [1.29, 1.82) is 5.26 Å². The summed E-state index contributed by atoms with van der Waals surface area (Å²) < 4.78 is 0. The molecule has 19 heavy (non-hydrogen) atoms. The lowest BCUT2D eigenvalue weighted by Crippen LogP contribution is -2.39. The summed E-state index contributed by atoms with van der Waals surface area (Å²) in [5, 5.41) is 12.9. The summed E-state index contributed by atoms with van der Waals surface area (Å²) in [6.07, 6.45) is 3.55. The number of piperidine rings is 1. The minimum absolute atomic E-state index is 0.511. The average molecular weight is 278 g/mol. The number of nitrogens with one attached hydrogen (secondary N) is 1. The number of nitrogens with zero attached hydrogens (tertiary/aromatic N) is 2. The van der Waals surface area contributed by atoms with E-state index in [0.717, 1.165) is 31.6 Å². The molecule has 4 heteroatoms. The lowest BCUT2D eigenvalue weighted by atomic mass is 10.0. The number of likely N-dealkylation sites (tertiary alicyclic amines) is 1. The van der Waals surface area contributed by atoms with Gasteiger partial charge in [0.15, 0.2) is 0 Å². The lowest BCUT2D eigenvalue weighted by molar-refractivity contribution is 0.219. The first-order chi connectivity index (χ1) is 9.22. The molecular weight excluding hydrogens is 258 g/mol. The number of nitriles is 1. The number of benzene rings is 1. The smallest absolute Gasteiger partial charge is 0.101 e. The first kappa shape index (κ1) is 14.2. The van der Waals surface area contributed by atoms with Crippen LogP contribution in [-0.2, 0) is 0 Å². The molecule has 0 atom stereocenters. The Morgan fingerprint density at radius 3 is 2.74 bits per heavy atom. The van der Waals surface area contributed by atoms with E-state index in [9.17, 15) is 0 Å². The summed E-state index contributed by atoms with van der Waals surface area (Å²) in [5.74, 6) is 0. The second-order valence-corrected chi connectivity index (χ2v) is 5.47. The van der Waals surface area contributed by atoms with Crippen molar-refractivity contribution in [1.82, 2.24) is 4.90 Å². The number of halogens is 1. The van der Waals surface area contributed by atoms with Gasteiger partial charge >= 0.3 is 0 Å². The lowest BCUT2D eigenvalue weighted by Gasteiger charge is -2.32. The van der Waals surface area contributed by atoms with Gasteiger partial charge < -0.3 is 10.2 Å². The van der Waals surface area contributed by atoms with Gasteiger partial charge in [0, 0.05) is 24.8 Å². The maximum atomic E-state index is 8.85. The molecule has 0 aromatic heterocycles. The van der Waals surface area contributed by atoms with Crippen LogP contribution in [0.1, 0.15) is 31.7 Å². The first-order valence-corrected chi connectivity index (χ1v) is 7.29. The number of anilines is 1. The van der Waals surface area contributed by atoms with Gasteiger partial charge in [-0.05, 0) is 44.0 Å². The predicted molar refractivity (Wildman–Crippen MR) is 79.5 cm³/mol. The molecule has 1 fully saturated rings. The molecule has 0 aliphatic carbocycles. The zero-order valence-electron chi connectivity index (χ0n) is 11.3. The Balaban J connectivity index is 1.89. The molecule has 1 aromatic rings. The van der Waals surface area contributed by atoms with Crippen LogP contribution in [0.4, 0.5) is 5.69 Å². The Morgan fingerprint density at radius 2 is 2.16 bits per heavy atom. The SMILES string of the molecule is CCCN1CCC(Nc2ccc(C#N)c(Cl)c2)CC1. The Kier molecular flexibility index (Phi) is 5.07. The van der Waals surface area contributed by atoms with Crippen molar-refractivity contribution in [3.8, 4) is 6.07 Å². The van der Waals surface area contributed by atoms with Crippen molar-refractivity contribution < 1.29 is 0 Å². The molecule has 0 saturated carbocycles. The maximum Gasteiger partial charge on any atom is 0.101 e. The van der Waals surface area contributed by atoms with Crippen LogP contribution < -0.4 is 5.32 Å². The summed E-state index contributed by atoms with van der Waals surface area (Å²) in [5.41, 5.74) is 1.54. The van der Waals surface area contributed by atoms with Crippen molar-refractivity contribution >= 4 is 17.3 Å². The van der Waals surface area contributed by atoms with E-state index < -0.39 is 0 Å². The van der Waals surface area contributed by atoms with Crippen LogP contribution >= 0.6 is 11.6 Å². The van der Waals surface area contributed by atoms with Crippen molar-refractivity contribution in [2.75, 3.05) is 25.0 Å². The normalized spacial score (nSPS) is 17.1. The van der Waals surface area contributed by atoms with Crippen LogP contribution in [-0.4, -0.2) is 30.6 Å². The third kappa shape index (κ3) is 3.86. The number of hydrogen-bond acceptors (Lipinski definition) is 3. The molecule has 1 aromatic carbocycles. The van der Waals surface area contributed by atoms with Crippen LogP contribution in [0.15, 0.2) is 18.2 Å². The Labute approximate surface area is 120 Å². The molecule has 3 nitrogen and oxygen atoms in total. The fourth-order valence-electron chi connectivity index (χ4n) is 2.55. The highest BCUT2D eigenvalue weighted by Gasteiger charge is 2.18. The third-order valence-corrected chi connectivity index (χ3v) is 3.90. The fraction of sp³-hybridized carbons (Fsp3) is 0.533. The van der Waals surface area contributed by atoms with E-state index in [1.807, 2.05) is 12.1 Å². The molecule has 0 bridgehead atoms. The second-order valence-electron chi connectivity index (χ2n) is 5.07. The predicted octanol–water partition coefficient (Wildman–Crippen LogP) is 3.50. The summed E-state index contributed by atoms with van der Waals surface area (Å²) >= 11 is 6.04. The van der Waals surface area contributed by atoms with Gasteiger partial charge in [-0.3, -0.25) is 0 Å². The van der Waals surface area contributed by atoms with Crippen LogP contribution in [0, 0.1) is 11.3 Å². The molecule has 0 unspecified atom stereocenters. The van der Waals surface area contributed by atoms with Gasteiger partial charge in [0.2, 0.25) is 0 Å². The molecule has 0 radical (unpaired) electrons. The van der Waals surface area contributed by atoms with Crippen molar-refractivity contribution in [3.05, 3.63) is 28.8 Å². The van der Waals surface area contributed by atoms with E-state index in [-0.39, 0.29) is 0 Å². The fourth-order valence-corrected chi connectivity index (χ4v) is 2.77. The molecular formula is C15H20ClN3. The molecule has 2 rings (SSSR count). The van der Waals surface area contributed by atoms with E-state index in [0.29, 0.717) is 16.6 Å². The average Bonchev–Trinajstić information content (AvgIpc) is 2.42. The van der Waals surface area contributed by atoms with E-state index >= 15 is 0 Å². The highest BCUT2D eigenvalue weighted by Crippen LogP contribution is 2.22. The minimum Gasteiger partial charge on any atom is -0.382 e. The van der Waals surface area contributed by atoms with Crippen LogP contribution in [0.5, 0.6) is 0 Å². The molecule has 1 aliphatic heterocycles. The van der Waals surface area contributed by atoms with Gasteiger partial charge in [-0.25, -0.2) is 0 Å². The van der Waals surface area contributed by atoms with Crippen molar-refractivity contribution in [3.63, 3.8) is 0 Å². The first-order valence-electron chi connectivity index (χ1n) is 6.91. The molecule has 1 aliphatic rings. The summed E-state index contributed by atoms with van der Waals surface area (Å²) in [6.45, 7) is 5.75. The summed E-state index contributed by atoms with van der Waals surface area (Å²) in [4.78, 5) is 2.52. The zero-order chi connectivity index (χ0) is 13.7. The van der Waals surface area contributed by atoms with E-state index in [1.165, 1.54) is 13.0 Å². The van der Waals surface area contributed by atoms with E-state index in [4.69, 9.17) is 16.9 Å². The number of rotatable bonds is 4. The topological polar surface area (TPSA) is 39.1 Å². The van der Waals surface area contributed by atoms with Gasteiger partial charge in [0.1, 0.15) is 6.07 Å². The second kappa shape index (κ2) is 6.79. The maximum absolute atomic E-state index is 8.85. The van der Waals surface area contributed by atoms with Crippen LogP contribution in [0.25, 0.3) is 0 Å². The van der Waals surface area contributed by atoms with Gasteiger partial charge in [-0.1, -0.05) is 18.5 Å². The zero-order valence-corrected chi connectivity index (χ0v) is 12.1. The van der Waals surface area contributed by atoms with Gasteiger partial charge in [-0.15, -0.1) is 0 Å². The van der Waals surface area contributed by atoms with Gasteiger partial charge in [0.25, 0.3) is 0 Å². The third-order valence-electron chi connectivity index (χ3n) is 3.59. The molecule has 1 heterocycles. The van der Waals surface area contributed by atoms with E-state index in [1.54, 1.807) is 6.07 Å². The Hall–Kier alpha value is -1.24. The Bertz CT molecular complexity index is 459. The molecule has 102 valence electrons. The monoisotopic (exact) mass is 277 g/mol. The van der Waals surface area contributed by atoms with E-state index in [2.05, 4.69) is 23.2 Å². The van der Waals surface area contributed by atoms with Gasteiger partial charge in [0.05, 0.1) is 10.6 Å². The number of hydrogen-bond donors (Lipinski definition) is 1. The highest BCUT2D eigenvalue weighted by atomic mass is 35.5. The minimum atomic E-state index is 0.511. The Morgan fingerprint density at radius 1 is 1.42 bits per heavy atom. The van der Waals surface area contributed by atoms with Gasteiger partial charge in [-0.2, -0.15) is 5.26 Å². The highest BCUT2D eigenvalue weighted by molar-refractivity contribution is 6.32. The molecule has 0 spiro atoms. The van der Waals surface area contributed by atoms with Crippen LogP contribution in [0.3, 0.4) is 0 Å². The summed E-state index contributed by atoms with van der Waals surface area (Å²) in [7, 11) is 0. The standard InChI is InChI=1S/C15H20ClN3/c1-2-7-19-8-5-13(6-9-19)18-14-4-3-12(11-17)15(16)10-14/h3-4,10,13,18H,2,5-9H2,1H3. The van der Waals surface area contributed by atoms with Crippen molar-refractivity contribution in [2.45, 2.75) is 32.2 Å². The largest absolute Gasteiger partial charge is 0.382 e. The quantitative estimate of drug-likeness (QED) is 0.916. The molecule has 1 saturated heterocycles. The van der Waals surface area contributed by atoms with Crippen LogP contribution in [0.2, 0.25) is 5.02 Å².